The molecule has 0 bridgehead atoms. The van der Waals surface area contributed by atoms with Crippen LogP contribution in [0, 0.1) is 11.3 Å². The zero-order valence-corrected chi connectivity index (χ0v) is 11.9. The maximum absolute atomic E-state index is 2.43. The zero-order valence-electron chi connectivity index (χ0n) is 9.86. The lowest BCUT2D eigenvalue weighted by molar-refractivity contribution is 0.448. The highest BCUT2D eigenvalue weighted by Crippen LogP contribution is 2.40. The van der Waals surface area contributed by atoms with Gasteiger partial charge in [0.1, 0.15) is 0 Å². The highest BCUT2D eigenvalue weighted by atomic mass is 28.1. The highest BCUT2D eigenvalue weighted by molar-refractivity contribution is 6.22. The Morgan fingerprint density at radius 1 is 1.38 bits per heavy atom. The van der Waals surface area contributed by atoms with Gasteiger partial charge in [0.25, 0.3) is 0 Å². The fourth-order valence-electron chi connectivity index (χ4n) is 2.49. The van der Waals surface area contributed by atoms with Gasteiger partial charge in [-0.1, -0.05) is 50.1 Å². The van der Waals surface area contributed by atoms with Crippen LogP contribution in [0.1, 0.15) is 41.0 Å². The molecule has 1 aliphatic rings. The van der Waals surface area contributed by atoms with E-state index in [0.29, 0.717) is 11.3 Å². The summed E-state index contributed by atoms with van der Waals surface area (Å²) < 4.78 is 0. The second kappa shape index (κ2) is 3.45. The van der Waals surface area contributed by atoms with Gasteiger partial charge in [-0.15, -0.1) is 0 Å². The van der Waals surface area contributed by atoms with E-state index in [9.17, 15) is 0 Å². The van der Waals surface area contributed by atoms with Gasteiger partial charge in [0.05, 0.1) is 0 Å². The van der Waals surface area contributed by atoms with Crippen molar-refractivity contribution in [2.24, 2.45) is 11.3 Å². The Kier molecular flexibility index (Phi) is 2.86. The van der Waals surface area contributed by atoms with E-state index in [2.05, 4.69) is 40.7 Å². The standard InChI is InChI=1S/C12H22Si/c1-8-6-7-10(13)9(2)11(8)12(3,4)5/h7,9H,6H2,1-5,13H3. The summed E-state index contributed by atoms with van der Waals surface area (Å²) in [5.74, 6) is 0.709. The molecular formula is C12H22Si. The molecule has 0 aliphatic heterocycles. The van der Waals surface area contributed by atoms with E-state index >= 15 is 0 Å². The van der Waals surface area contributed by atoms with Crippen LogP contribution in [0.2, 0.25) is 0 Å². The normalized spacial score (nSPS) is 25.0. The van der Waals surface area contributed by atoms with Crippen molar-refractivity contribution in [1.82, 2.24) is 0 Å². The first-order valence-corrected chi connectivity index (χ1v) is 6.21. The van der Waals surface area contributed by atoms with E-state index in [1.54, 1.807) is 16.3 Å². The van der Waals surface area contributed by atoms with Crippen molar-refractivity contribution < 1.29 is 0 Å². The quantitative estimate of drug-likeness (QED) is 0.411. The van der Waals surface area contributed by atoms with Gasteiger partial charge < -0.3 is 0 Å². The molecular weight excluding hydrogens is 172 g/mol. The van der Waals surface area contributed by atoms with Gasteiger partial charge in [0.15, 0.2) is 0 Å². The van der Waals surface area contributed by atoms with Crippen molar-refractivity contribution >= 4 is 10.2 Å². The molecule has 0 saturated heterocycles. The summed E-state index contributed by atoms with van der Waals surface area (Å²) in [7, 11) is 1.22. The molecule has 74 valence electrons. The van der Waals surface area contributed by atoms with Crippen molar-refractivity contribution in [2.45, 2.75) is 41.0 Å². The second-order valence-corrected chi connectivity index (χ2v) is 6.47. The van der Waals surface area contributed by atoms with E-state index in [0.717, 1.165) is 0 Å². The van der Waals surface area contributed by atoms with Crippen LogP contribution in [0.3, 0.4) is 0 Å². The van der Waals surface area contributed by atoms with Crippen molar-refractivity contribution in [2.75, 3.05) is 0 Å². The van der Waals surface area contributed by atoms with Crippen LogP contribution in [0.4, 0.5) is 0 Å². The minimum atomic E-state index is 0.355. The molecule has 0 saturated carbocycles. The van der Waals surface area contributed by atoms with Gasteiger partial charge >= 0.3 is 0 Å². The number of allylic oxidation sites excluding steroid dienone is 4. The summed E-state index contributed by atoms with van der Waals surface area (Å²) in [6, 6.07) is 0. The molecule has 0 aromatic carbocycles. The Labute approximate surface area is 85.5 Å². The first-order valence-electron chi connectivity index (χ1n) is 5.21. The topological polar surface area (TPSA) is 0 Å². The van der Waals surface area contributed by atoms with Crippen LogP contribution in [0.25, 0.3) is 0 Å². The van der Waals surface area contributed by atoms with Crippen molar-refractivity contribution in [3.05, 3.63) is 22.4 Å². The van der Waals surface area contributed by atoms with Gasteiger partial charge in [0, 0.05) is 10.2 Å². The molecule has 1 atom stereocenters. The van der Waals surface area contributed by atoms with Gasteiger partial charge in [-0.25, -0.2) is 0 Å². The Morgan fingerprint density at radius 3 is 2.31 bits per heavy atom. The van der Waals surface area contributed by atoms with Crippen molar-refractivity contribution in [3.63, 3.8) is 0 Å². The van der Waals surface area contributed by atoms with E-state index in [1.807, 2.05) is 0 Å². The van der Waals surface area contributed by atoms with Gasteiger partial charge in [-0.05, 0) is 24.7 Å². The summed E-state index contributed by atoms with van der Waals surface area (Å²) in [6.07, 6.45) is 3.62. The highest BCUT2D eigenvalue weighted by Gasteiger charge is 2.26. The Hall–Kier alpha value is -0.303. The molecule has 0 amide bonds. The molecule has 1 unspecified atom stereocenters. The van der Waals surface area contributed by atoms with E-state index in [1.165, 1.54) is 16.7 Å². The smallest absolute Gasteiger partial charge is 0.0336 e. The molecule has 0 N–H and O–H groups in total. The summed E-state index contributed by atoms with van der Waals surface area (Å²) in [5.41, 5.74) is 3.63. The molecule has 1 rings (SSSR count). The van der Waals surface area contributed by atoms with Crippen LogP contribution in [-0.4, -0.2) is 10.2 Å². The number of hydrogen-bond donors (Lipinski definition) is 0. The Morgan fingerprint density at radius 2 is 1.92 bits per heavy atom. The first kappa shape index (κ1) is 10.8. The maximum atomic E-state index is 2.43. The summed E-state index contributed by atoms with van der Waals surface area (Å²) >= 11 is 0. The molecule has 0 radical (unpaired) electrons. The fourth-order valence-corrected chi connectivity index (χ4v) is 2.98. The van der Waals surface area contributed by atoms with Gasteiger partial charge in [-0.3, -0.25) is 0 Å². The van der Waals surface area contributed by atoms with Gasteiger partial charge in [0.2, 0.25) is 0 Å². The SMILES string of the molecule is CC1=C(C(C)(C)C)C(C)C([SiH3])=CC1. The molecule has 0 nitrogen and oxygen atoms in total. The fraction of sp³-hybridized carbons (Fsp3) is 0.667. The largest absolute Gasteiger partial charge is 0.0886 e. The third kappa shape index (κ3) is 2.14. The minimum absolute atomic E-state index is 0.355. The number of hydrogen-bond acceptors (Lipinski definition) is 0. The van der Waals surface area contributed by atoms with E-state index in [-0.39, 0.29) is 0 Å². The predicted octanol–water partition coefficient (Wildman–Crippen LogP) is 2.64. The van der Waals surface area contributed by atoms with Crippen molar-refractivity contribution in [1.29, 1.82) is 0 Å². The van der Waals surface area contributed by atoms with E-state index < -0.39 is 0 Å². The van der Waals surface area contributed by atoms with Crippen molar-refractivity contribution in [3.8, 4) is 0 Å². The summed E-state index contributed by atoms with van der Waals surface area (Å²) in [6.45, 7) is 11.7. The second-order valence-electron chi connectivity index (χ2n) is 5.32. The lowest BCUT2D eigenvalue weighted by atomic mass is 9.74. The maximum Gasteiger partial charge on any atom is 0.0336 e. The molecule has 1 heteroatoms. The average molecular weight is 194 g/mol. The first-order chi connectivity index (χ1) is 5.84. The molecule has 0 fully saturated rings. The predicted molar refractivity (Wildman–Crippen MR) is 64.0 cm³/mol. The Bertz CT molecular complexity index is 263. The molecule has 1 aliphatic carbocycles. The third-order valence-corrected chi connectivity index (χ3v) is 4.39. The average Bonchev–Trinajstić information content (AvgIpc) is 1.95. The molecule has 0 heterocycles. The molecule has 0 aromatic heterocycles. The lowest BCUT2D eigenvalue weighted by Crippen LogP contribution is -2.21. The molecule has 13 heavy (non-hydrogen) atoms. The summed E-state index contributed by atoms with van der Waals surface area (Å²) in [4.78, 5) is 0. The monoisotopic (exact) mass is 194 g/mol. The summed E-state index contributed by atoms with van der Waals surface area (Å²) in [5, 5.41) is 1.68. The van der Waals surface area contributed by atoms with Crippen LogP contribution in [0.15, 0.2) is 22.4 Å². The van der Waals surface area contributed by atoms with Crippen LogP contribution in [-0.2, 0) is 0 Å². The zero-order chi connectivity index (χ0) is 10.2. The number of rotatable bonds is 0. The third-order valence-electron chi connectivity index (χ3n) is 3.11. The van der Waals surface area contributed by atoms with Crippen LogP contribution < -0.4 is 0 Å². The van der Waals surface area contributed by atoms with Crippen LogP contribution >= 0.6 is 0 Å². The van der Waals surface area contributed by atoms with E-state index in [4.69, 9.17) is 0 Å². The van der Waals surface area contributed by atoms with Gasteiger partial charge in [-0.2, -0.15) is 0 Å². The molecule has 0 aromatic rings. The minimum Gasteiger partial charge on any atom is -0.0886 e. The molecule has 0 spiro atoms. The van der Waals surface area contributed by atoms with Crippen LogP contribution in [0.5, 0.6) is 0 Å². The Balaban J connectivity index is 3.06. The lowest BCUT2D eigenvalue weighted by Gasteiger charge is -2.34.